The van der Waals surface area contributed by atoms with Crippen molar-refractivity contribution in [3.63, 3.8) is 0 Å². The second-order valence-corrected chi connectivity index (χ2v) is 7.34. The van der Waals surface area contributed by atoms with Gasteiger partial charge in [-0.15, -0.1) is 10.2 Å². The molecule has 0 aliphatic carbocycles. The van der Waals surface area contributed by atoms with Crippen molar-refractivity contribution in [1.29, 1.82) is 0 Å². The van der Waals surface area contributed by atoms with Crippen molar-refractivity contribution in [2.75, 3.05) is 23.3 Å². The second-order valence-electron chi connectivity index (χ2n) is 6.48. The van der Waals surface area contributed by atoms with Gasteiger partial charge in [-0.1, -0.05) is 24.3 Å². The van der Waals surface area contributed by atoms with Gasteiger partial charge >= 0.3 is 0 Å². The number of carbonyl (C=O) groups excluding carboxylic acids is 1. The maximum Gasteiger partial charge on any atom is 0.256 e. The van der Waals surface area contributed by atoms with Gasteiger partial charge in [-0.3, -0.25) is 4.79 Å². The van der Waals surface area contributed by atoms with E-state index in [2.05, 4.69) is 36.3 Å². The second kappa shape index (κ2) is 7.88. The lowest BCUT2D eigenvalue weighted by molar-refractivity contribution is 0.102. The van der Waals surface area contributed by atoms with Crippen LogP contribution in [0.15, 0.2) is 65.1 Å². The molecule has 1 aliphatic heterocycles. The van der Waals surface area contributed by atoms with E-state index in [4.69, 9.17) is 0 Å². The van der Waals surface area contributed by atoms with Crippen molar-refractivity contribution in [2.24, 2.45) is 0 Å². The first-order valence-corrected chi connectivity index (χ1v) is 9.75. The van der Waals surface area contributed by atoms with Gasteiger partial charge in [0, 0.05) is 28.8 Å². The number of anilines is 2. The van der Waals surface area contributed by atoms with Crippen molar-refractivity contribution < 1.29 is 4.79 Å². The molecule has 0 unspecified atom stereocenters. The van der Waals surface area contributed by atoms with Crippen LogP contribution < -0.4 is 10.2 Å². The lowest BCUT2D eigenvalue weighted by atomic mass is 10.1. The van der Waals surface area contributed by atoms with Gasteiger partial charge in [0.15, 0.2) is 5.82 Å². The molecule has 1 aliphatic rings. The molecule has 1 N–H and O–H groups in total. The number of nitrogens with zero attached hydrogens (tertiary/aromatic N) is 3. The summed E-state index contributed by atoms with van der Waals surface area (Å²) >= 11 is 3.40. The number of hydrogen-bond donors (Lipinski definition) is 1. The molecule has 0 saturated carbocycles. The Kier molecular flexibility index (Phi) is 5.16. The molecule has 1 amide bonds. The summed E-state index contributed by atoms with van der Waals surface area (Å²) in [6.07, 6.45) is 2.44. The standard InChI is InChI=1S/C21H19BrN4O/c22-18-6-2-1-5-17(18)21(27)23-16-9-7-15(8-10-16)19-11-12-20(25-24-19)26-13-3-4-14-26/h1-2,5-12H,3-4,13-14H2,(H,23,27). The van der Waals surface area contributed by atoms with E-state index in [0.29, 0.717) is 5.56 Å². The molecule has 5 nitrogen and oxygen atoms in total. The molecule has 3 aromatic rings. The minimum Gasteiger partial charge on any atom is -0.355 e. The molecule has 2 aromatic carbocycles. The van der Waals surface area contributed by atoms with Crippen molar-refractivity contribution in [3.8, 4) is 11.3 Å². The molecule has 136 valence electrons. The molecule has 0 spiro atoms. The number of hydrogen-bond acceptors (Lipinski definition) is 4. The third kappa shape index (κ3) is 4.01. The van der Waals surface area contributed by atoms with Crippen LogP contribution in [0.5, 0.6) is 0 Å². The van der Waals surface area contributed by atoms with Gasteiger partial charge < -0.3 is 10.2 Å². The van der Waals surface area contributed by atoms with Gasteiger partial charge in [0.25, 0.3) is 5.91 Å². The summed E-state index contributed by atoms with van der Waals surface area (Å²) in [6.45, 7) is 2.11. The quantitative estimate of drug-likeness (QED) is 0.658. The van der Waals surface area contributed by atoms with Gasteiger partial charge in [-0.25, -0.2) is 0 Å². The van der Waals surface area contributed by atoms with E-state index < -0.39 is 0 Å². The summed E-state index contributed by atoms with van der Waals surface area (Å²) in [5, 5.41) is 11.6. The van der Waals surface area contributed by atoms with Crippen LogP contribution in [0.4, 0.5) is 11.5 Å². The lowest BCUT2D eigenvalue weighted by Crippen LogP contribution is -2.19. The van der Waals surface area contributed by atoms with E-state index in [-0.39, 0.29) is 5.91 Å². The van der Waals surface area contributed by atoms with Crippen LogP contribution in [0, 0.1) is 0 Å². The monoisotopic (exact) mass is 422 g/mol. The first kappa shape index (κ1) is 17.7. The molecular formula is C21H19BrN4O. The lowest BCUT2D eigenvalue weighted by Gasteiger charge is -2.15. The fraction of sp³-hybridized carbons (Fsp3) is 0.190. The van der Waals surface area contributed by atoms with E-state index in [1.165, 1.54) is 12.8 Å². The number of benzene rings is 2. The van der Waals surface area contributed by atoms with Gasteiger partial charge in [0.05, 0.1) is 11.3 Å². The van der Waals surface area contributed by atoms with Crippen LogP contribution in [0.1, 0.15) is 23.2 Å². The minimum atomic E-state index is -0.148. The molecule has 0 bridgehead atoms. The third-order valence-corrected chi connectivity index (χ3v) is 5.33. The van der Waals surface area contributed by atoms with Crippen LogP contribution in [-0.2, 0) is 0 Å². The fourth-order valence-electron chi connectivity index (χ4n) is 3.16. The molecule has 0 atom stereocenters. The summed E-state index contributed by atoms with van der Waals surface area (Å²) in [5.74, 6) is 0.790. The number of carbonyl (C=O) groups is 1. The zero-order valence-corrected chi connectivity index (χ0v) is 16.3. The summed E-state index contributed by atoms with van der Waals surface area (Å²) in [5.41, 5.74) is 3.13. The maximum atomic E-state index is 12.4. The number of rotatable bonds is 4. The highest BCUT2D eigenvalue weighted by Gasteiger charge is 2.14. The highest BCUT2D eigenvalue weighted by Crippen LogP contribution is 2.23. The summed E-state index contributed by atoms with van der Waals surface area (Å²) in [7, 11) is 0. The smallest absolute Gasteiger partial charge is 0.256 e. The number of halogens is 1. The molecule has 1 fully saturated rings. The first-order valence-electron chi connectivity index (χ1n) is 8.96. The van der Waals surface area contributed by atoms with Crippen molar-refractivity contribution in [2.45, 2.75) is 12.8 Å². The topological polar surface area (TPSA) is 58.1 Å². The van der Waals surface area contributed by atoms with E-state index in [1.807, 2.05) is 54.6 Å². The molecular weight excluding hydrogens is 404 g/mol. The van der Waals surface area contributed by atoms with Crippen molar-refractivity contribution >= 4 is 33.3 Å². The Labute approximate surface area is 166 Å². The Hall–Kier alpha value is -2.73. The Morgan fingerprint density at radius 1 is 0.926 bits per heavy atom. The minimum absolute atomic E-state index is 0.148. The summed E-state index contributed by atoms with van der Waals surface area (Å²) < 4.78 is 0.771. The van der Waals surface area contributed by atoms with Crippen LogP contribution in [0.2, 0.25) is 0 Å². The summed E-state index contributed by atoms with van der Waals surface area (Å²) in [6, 6.07) is 19.0. The van der Waals surface area contributed by atoms with Crippen LogP contribution in [0.3, 0.4) is 0 Å². The maximum absolute atomic E-state index is 12.4. The zero-order valence-electron chi connectivity index (χ0n) is 14.7. The van der Waals surface area contributed by atoms with E-state index in [9.17, 15) is 4.79 Å². The Bertz CT molecular complexity index is 935. The molecule has 2 heterocycles. The van der Waals surface area contributed by atoms with Gasteiger partial charge in [-0.2, -0.15) is 0 Å². The zero-order chi connectivity index (χ0) is 18.6. The first-order chi connectivity index (χ1) is 13.2. The van der Waals surface area contributed by atoms with Gasteiger partial charge in [0.2, 0.25) is 0 Å². The fourth-order valence-corrected chi connectivity index (χ4v) is 3.63. The Morgan fingerprint density at radius 2 is 1.67 bits per heavy atom. The average molecular weight is 423 g/mol. The van der Waals surface area contributed by atoms with E-state index >= 15 is 0 Å². The van der Waals surface area contributed by atoms with E-state index in [1.54, 1.807) is 6.07 Å². The van der Waals surface area contributed by atoms with Crippen LogP contribution in [0.25, 0.3) is 11.3 Å². The molecule has 6 heteroatoms. The molecule has 1 aromatic heterocycles. The molecule has 0 radical (unpaired) electrons. The van der Waals surface area contributed by atoms with Gasteiger partial charge in [-0.05, 0) is 65.2 Å². The number of aromatic nitrogens is 2. The van der Waals surface area contributed by atoms with E-state index in [0.717, 1.165) is 40.3 Å². The SMILES string of the molecule is O=C(Nc1ccc(-c2ccc(N3CCCC3)nn2)cc1)c1ccccc1Br. The molecule has 27 heavy (non-hydrogen) atoms. The predicted molar refractivity (Wildman–Crippen MR) is 111 cm³/mol. The summed E-state index contributed by atoms with van der Waals surface area (Å²) in [4.78, 5) is 14.6. The van der Waals surface area contributed by atoms with Crippen molar-refractivity contribution in [1.82, 2.24) is 10.2 Å². The van der Waals surface area contributed by atoms with Crippen molar-refractivity contribution in [3.05, 3.63) is 70.7 Å². The number of amides is 1. The molecule has 4 rings (SSSR count). The predicted octanol–water partition coefficient (Wildman–Crippen LogP) is 4.76. The Balaban J connectivity index is 1.45. The Morgan fingerprint density at radius 3 is 2.33 bits per heavy atom. The highest BCUT2D eigenvalue weighted by molar-refractivity contribution is 9.10. The van der Waals surface area contributed by atoms with Crippen LogP contribution in [-0.4, -0.2) is 29.2 Å². The number of nitrogens with one attached hydrogen (secondary N) is 1. The van der Waals surface area contributed by atoms with Crippen LogP contribution >= 0.6 is 15.9 Å². The average Bonchev–Trinajstić information content (AvgIpc) is 3.24. The molecule has 1 saturated heterocycles. The van der Waals surface area contributed by atoms with Gasteiger partial charge in [0.1, 0.15) is 0 Å². The highest BCUT2D eigenvalue weighted by atomic mass is 79.9. The normalized spacial score (nSPS) is 13.6. The largest absolute Gasteiger partial charge is 0.355 e. The third-order valence-electron chi connectivity index (χ3n) is 4.64.